The summed E-state index contributed by atoms with van der Waals surface area (Å²) in [7, 11) is -4.05. The van der Waals surface area contributed by atoms with Crippen LogP contribution in [0.1, 0.15) is 5.56 Å². The molecule has 0 radical (unpaired) electrons. The van der Waals surface area contributed by atoms with Gasteiger partial charge in [-0.2, -0.15) is 13.1 Å². The molecular weight excluding hydrogens is 400 g/mol. The van der Waals surface area contributed by atoms with Crippen LogP contribution in [0.5, 0.6) is 0 Å². The third-order valence-corrected chi connectivity index (χ3v) is 6.92. The van der Waals surface area contributed by atoms with Crippen LogP contribution in [-0.4, -0.2) is 57.8 Å². The molecular formula is C18H16N4O4S2. The molecule has 0 spiro atoms. The number of fused-ring (bicyclic) bond motifs is 1. The van der Waals surface area contributed by atoms with Crippen molar-refractivity contribution in [2.45, 2.75) is 11.3 Å². The Bertz CT molecular complexity index is 1130. The highest BCUT2D eigenvalue weighted by Gasteiger charge is 2.38. The molecule has 1 aliphatic heterocycles. The van der Waals surface area contributed by atoms with Gasteiger partial charge in [-0.05, 0) is 24.1 Å². The molecule has 0 atom stereocenters. The normalized spacial score (nSPS) is 16.1. The molecule has 3 aromatic rings. The van der Waals surface area contributed by atoms with Crippen LogP contribution in [0, 0.1) is 0 Å². The first-order valence-corrected chi connectivity index (χ1v) is 10.7. The van der Waals surface area contributed by atoms with Crippen molar-refractivity contribution in [2.75, 3.05) is 19.6 Å². The van der Waals surface area contributed by atoms with Crippen LogP contribution in [0.2, 0.25) is 0 Å². The van der Waals surface area contributed by atoms with Crippen LogP contribution in [-0.2, 0) is 26.0 Å². The van der Waals surface area contributed by atoms with Gasteiger partial charge in [-0.15, -0.1) is 0 Å². The minimum absolute atomic E-state index is 0.0444. The van der Waals surface area contributed by atoms with Crippen molar-refractivity contribution < 1.29 is 18.0 Å². The molecule has 1 fully saturated rings. The highest BCUT2D eigenvalue weighted by atomic mass is 32.2. The lowest BCUT2D eigenvalue weighted by molar-refractivity contribution is -0.149. The lowest BCUT2D eigenvalue weighted by Crippen LogP contribution is -2.55. The maximum Gasteiger partial charge on any atom is 0.246 e. The van der Waals surface area contributed by atoms with Crippen molar-refractivity contribution in [1.29, 1.82) is 0 Å². The average Bonchev–Trinajstić information content (AvgIpc) is 3.16. The van der Waals surface area contributed by atoms with Gasteiger partial charge in [0.15, 0.2) is 0 Å². The number of nitrogens with zero attached hydrogens (tertiary/aromatic N) is 4. The van der Waals surface area contributed by atoms with Gasteiger partial charge in [0.2, 0.25) is 21.8 Å². The van der Waals surface area contributed by atoms with Crippen LogP contribution in [0.3, 0.4) is 0 Å². The summed E-state index contributed by atoms with van der Waals surface area (Å²) in [5.74, 6) is -1.06. The second-order valence-electron chi connectivity index (χ2n) is 6.34. The second-order valence-corrected chi connectivity index (χ2v) is 8.77. The summed E-state index contributed by atoms with van der Waals surface area (Å²) in [5.41, 5.74) is 1.71. The van der Waals surface area contributed by atoms with E-state index in [1.54, 1.807) is 12.1 Å². The first kappa shape index (κ1) is 18.7. The van der Waals surface area contributed by atoms with E-state index in [-0.39, 0.29) is 30.0 Å². The van der Waals surface area contributed by atoms with E-state index in [9.17, 15) is 18.0 Å². The summed E-state index contributed by atoms with van der Waals surface area (Å²) >= 11 is 0.911. The Morgan fingerprint density at radius 1 is 0.929 bits per heavy atom. The fourth-order valence-corrected chi connectivity index (χ4v) is 5.19. The van der Waals surface area contributed by atoms with Crippen LogP contribution >= 0.6 is 11.7 Å². The number of rotatable bonds is 5. The second kappa shape index (κ2) is 7.38. The van der Waals surface area contributed by atoms with Gasteiger partial charge >= 0.3 is 0 Å². The Labute approximate surface area is 165 Å². The summed E-state index contributed by atoms with van der Waals surface area (Å²) in [4.78, 5) is 26.1. The first-order chi connectivity index (χ1) is 13.5. The smallest absolute Gasteiger partial charge is 0.246 e. The van der Waals surface area contributed by atoms with Crippen molar-refractivity contribution in [2.24, 2.45) is 0 Å². The van der Waals surface area contributed by atoms with Crippen molar-refractivity contribution >= 4 is 44.6 Å². The standard InChI is InChI=1S/C18H16N4O4S2/c23-16-11-21(12-17(24)22(16)10-9-13-5-2-1-3-6-13)28(25,26)15-8-4-7-14-18(15)20-27-19-14/h1-8H,9-12H2. The summed E-state index contributed by atoms with van der Waals surface area (Å²) < 4.78 is 35.0. The van der Waals surface area contributed by atoms with E-state index in [0.717, 1.165) is 26.5 Å². The van der Waals surface area contributed by atoms with Crippen molar-refractivity contribution in [3.8, 4) is 0 Å². The summed E-state index contributed by atoms with van der Waals surface area (Å²) in [6.07, 6.45) is 0.523. The number of benzene rings is 2. The van der Waals surface area contributed by atoms with Crippen molar-refractivity contribution in [3.05, 3.63) is 54.1 Å². The zero-order chi connectivity index (χ0) is 19.7. The van der Waals surface area contributed by atoms with Crippen molar-refractivity contribution in [1.82, 2.24) is 18.0 Å². The molecule has 0 N–H and O–H groups in total. The number of carbonyl (C=O) groups excluding carboxylic acids is 2. The highest BCUT2D eigenvalue weighted by Crippen LogP contribution is 2.25. The molecule has 8 nitrogen and oxygen atoms in total. The largest absolute Gasteiger partial charge is 0.280 e. The predicted molar refractivity (Wildman–Crippen MR) is 103 cm³/mol. The van der Waals surface area contributed by atoms with E-state index in [0.29, 0.717) is 11.9 Å². The van der Waals surface area contributed by atoms with E-state index in [4.69, 9.17) is 0 Å². The molecule has 28 heavy (non-hydrogen) atoms. The zero-order valence-corrected chi connectivity index (χ0v) is 16.3. The number of carbonyl (C=O) groups is 2. The summed E-state index contributed by atoms with van der Waals surface area (Å²) in [5, 5.41) is 0. The molecule has 2 aromatic carbocycles. The van der Waals surface area contributed by atoms with E-state index in [2.05, 4.69) is 8.75 Å². The Balaban J connectivity index is 1.53. The molecule has 2 heterocycles. The Morgan fingerprint density at radius 2 is 1.64 bits per heavy atom. The quantitative estimate of drug-likeness (QED) is 0.581. The minimum atomic E-state index is -4.05. The number of sulfonamides is 1. The van der Waals surface area contributed by atoms with Gasteiger partial charge in [0, 0.05) is 6.54 Å². The fraction of sp³-hybridized carbons (Fsp3) is 0.222. The molecule has 0 saturated carbocycles. The third kappa shape index (κ3) is 3.41. The molecule has 0 bridgehead atoms. The van der Waals surface area contributed by atoms with Crippen LogP contribution < -0.4 is 0 Å². The van der Waals surface area contributed by atoms with Gasteiger partial charge in [-0.3, -0.25) is 14.5 Å². The van der Waals surface area contributed by atoms with E-state index >= 15 is 0 Å². The topological polar surface area (TPSA) is 101 Å². The Morgan fingerprint density at radius 3 is 2.36 bits per heavy atom. The molecule has 1 saturated heterocycles. The molecule has 144 valence electrons. The van der Waals surface area contributed by atoms with Crippen LogP contribution in [0.25, 0.3) is 11.0 Å². The molecule has 0 unspecified atom stereocenters. The Hall–Kier alpha value is -2.69. The number of hydrogen-bond donors (Lipinski definition) is 0. The van der Waals surface area contributed by atoms with Gasteiger partial charge in [-0.25, -0.2) is 8.42 Å². The van der Waals surface area contributed by atoms with Gasteiger partial charge in [0.25, 0.3) is 0 Å². The number of aromatic nitrogens is 2. The fourth-order valence-electron chi connectivity index (χ4n) is 3.10. The zero-order valence-electron chi connectivity index (χ0n) is 14.7. The molecule has 10 heteroatoms. The predicted octanol–water partition coefficient (Wildman–Crippen LogP) is 1.29. The average molecular weight is 416 g/mol. The molecule has 1 aromatic heterocycles. The summed E-state index contributed by atoms with van der Waals surface area (Å²) in [6, 6.07) is 14.1. The van der Waals surface area contributed by atoms with Gasteiger partial charge < -0.3 is 0 Å². The Kier molecular flexibility index (Phi) is 4.92. The van der Waals surface area contributed by atoms with E-state index < -0.39 is 21.8 Å². The third-order valence-electron chi connectivity index (χ3n) is 4.56. The van der Waals surface area contributed by atoms with E-state index in [1.807, 2.05) is 30.3 Å². The summed E-state index contributed by atoms with van der Waals surface area (Å²) in [6.45, 7) is -0.533. The SMILES string of the molecule is O=C1CN(S(=O)(=O)c2cccc3nsnc23)CC(=O)N1CCc1ccccc1. The molecule has 4 rings (SSSR count). The lowest BCUT2D eigenvalue weighted by Gasteiger charge is -2.32. The van der Waals surface area contributed by atoms with E-state index in [1.165, 1.54) is 6.07 Å². The van der Waals surface area contributed by atoms with Crippen molar-refractivity contribution in [3.63, 3.8) is 0 Å². The molecule has 1 aliphatic rings. The lowest BCUT2D eigenvalue weighted by atomic mass is 10.1. The monoisotopic (exact) mass is 416 g/mol. The van der Waals surface area contributed by atoms with Gasteiger partial charge in [0.05, 0.1) is 24.8 Å². The molecule has 2 amide bonds. The maximum atomic E-state index is 13.0. The minimum Gasteiger partial charge on any atom is -0.280 e. The number of hydrogen-bond acceptors (Lipinski definition) is 7. The number of amides is 2. The first-order valence-electron chi connectivity index (χ1n) is 8.55. The number of piperazine rings is 1. The van der Waals surface area contributed by atoms with Gasteiger partial charge in [-0.1, -0.05) is 36.4 Å². The highest BCUT2D eigenvalue weighted by molar-refractivity contribution is 7.89. The van der Waals surface area contributed by atoms with Crippen LogP contribution in [0.15, 0.2) is 53.4 Å². The molecule has 0 aliphatic carbocycles. The van der Waals surface area contributed by atoms with Gasteiger partial charge in [0.1, 0.15) is 15.9 Å². The maximum absolute atomic E-state index is 13.0. The number of imide groups is 1. The van der Waals surface area contributed by atoms with Crippen LogP contribution in [0.4, 0.5) is 0 Å².